The Labute approximate surface area is 143 Å². The predicted molar refractivity (Wildman–Crippen MR) is 92.0 cm³/mol. The molecule has 0 unspecified atom stereocenters. The van der Waals surface area contributed by atoms with Crippen molar-refractivity contribution in [1.82, 2.24) is 10.2 Å². The van der Waals surface area contributed by atoms with Gasteiger partial charge < -0.3 is 9.15 Å². The maximum Gasteiger partial charge on any atom is 0.277 e. The number of nitrogens with zero attached hydrogens (tertiary/aromatic N) is 2. The van der Waals surface area contributed by atoms with Crippen LogP contribution < -0.4 is 4.74 Å². The van der Waals surface area contributed by atoms with Crippen LogP contribution in [-0.2, 0) is 5.75 Å². The summed E-state index contributed by atoms with van der Waals surface area (Å²) in [5.74, 6) is 2.02. The molecule has 0 bridgehead atoms. The molecule has 6 heteroatoms. The molecular weight excluding hydrogens is 332 g/mol. The van der Waals surface area contributed by atoms with Crippen LogP contribution in [0.4, 0.5) is 0 Å². The SMILES string of the molecule is COc1ccc(C)cc1CSc1nnc(-c2cccc(Cl)c2)o1. The largest absolute Gasteiger partial charge is 0.496 e. The molecular formula is C17H15ClN2O2S. The topological polar surface area (TPSA) is 48.2 Å². The number of rotatable bonds is 5. The Morgan fingerprint density at radius 1 is 1.17 bits per heavy atom. The molecule has 0 aliphatic rings. The van der Waals surface area contributed by atoms with Crippen molar-refractivity contribution in [3.8, 4) is 17.2 Å². The number of benzene rings is 2. The van der Waals surface area contributed by atoms with Gasteiger partial charge in [0.1, 0.15) is 5.75 Å². The number of thioether (sulfide) groups is 1. The van der Waals surface area contributed by atoms with E-state index in [1.54, 1.807) is 19.2 Å². The zero-order valence-electron chi connectivity index (χ0n) is 12.7. The van der Waals surface area contributed by atoms with Gasteiger partial charge in [0.25, 0.3) is 5.22 Å². The van der Waals surface area contributed by atoms with Gasteiger partial charge in [0.2, 0.25) is 5.89 Å². The minimum Gasteiger partial charge on any atom is -0.496 e. The van der Waals surface area contributed by atoms with Crippen LogP contribution in [0.5, 0.6) is 5.75 Å². The van der Waals surface area contributed by atoms with E-state index < -0.39 is 0 Å². The molecule has 4 nitrogen and oxygen atoms in total. The summed E-state index contributed by atoms with van der Waals surface area (Å²) in [4.78, 5) is 0. The Bertz CT molecular complexity index is 820. The fourth-order valence-corrected chi connectivity index (χ4v) is 3.10. The molecule has 0 aliphatic heterocycles. The van der Waals surface area contributed by atoms with Crippen LogP contribution in [0, 0.1) is 6.92 Å². The van der Waals surface area contributed by atoms with Crippen molar-refractivity contribution >= 4 is 23.4 Å². The minimum atomic E-state index is 0.464. The van der Waals surface area contributed by atoms with Crippen LogP contribution >= 0.6 is 23.4 Å². The van der Waals surface area contributed by atoms with Crippen molar-refractivity contribution in [3.05, 3.63) is 58.6 Å². The first-order valence-corrected chi connectivity index (χ1v) is 8.38. The van der Waals surface area contributed by atoms with E-state index in [1.807, 2.05) is 24.3 Å². The van der Waals surface area contributed by atoms with Gasteiger partial charge in [-0.3, -0.25) is 0 Å². The van der Waals surface area contributed by atoms with Crippen molar-refractivity contribution < 1.29 is 9.15 Å². The van der Waals surface area contributed by atoms with Crippen LogP contribution in [0.1, 0.15) is 11.1 Å². The van der Waals surface area contributed by atoms with E-state index in [9.17, 15) is 0 Å². The van der Waals surface area contributed by atoms with E-state index in [0.29, 0.717) is 21.9 Å². The normalized spacial score (nSPS) is 10.7. The van der Waals surface area contributed by atoms with Crippen LogP contribution in [0.3, 0.4) is 0 Å². The number of halogens is 1. The molecule has 0 spiro atoms. The summed E-state index contributed by atoms with van der Waals surface area (Å²) in [6, 6.07) is 13.4. The molecule has 1 heterocycles. The molecule has 0 N–H and O–H groups in total. The highest BCUT2D eigenvalue weighted by atomic mass is 35.5. The molecule has 3 aromatic rings. The number of aryl methyl sites for hydroxylation is 1. The third kappa shape index (κ3) is 3.86. The summed E-state index contributed by atoms with van der Waals surface area (Å²) in [7, 11) is 1.67. The number of hydrogen-bond donors (Lipinski definition) is 0. The van der Waals surface area contributed by atoms with Gasteiger partial charge in [0.15, 0.2) is 0 Å². The molecule has 23 heavy (non-hydrogen) atoms. The lowest BCUT2D eigenvalue weighted by Gasteiger charge is -2.07. The van der Waals surface area contributed by atoms with E-state index in [-0.39, 0.29) is 0 Å². The Hall–Kier alpha value is -1.98. The quantitative estimate of drug-likeness (QED) is 0.608. The molecule has 0 saturated heterocycles. The highest BCUT2D eigenvalue weighted by molar-refractivity contribution is 7.98. The summed E-state index contributed by atoms with van der Waals surface area (Å²) in [5, 5.41) is 9.31. The zero-order chi connectivity index (χ0) is 16.2. The van der Waals surface area contributed by atoms with E-state index in [1.165, 1.54) is 17.3 Å². The lowest BCUT2D eigenvalue weighted by Crippen LogP contribution is -1.91. The van der Waals surface area contributed by atoms with Gasteiger partial charge in [-0.25, -0.2) is 0 Å². The maximum absolute atomic E-state index is 5.98. The molecule has 2 aromatic carbocycles. The standard InChI is InChI=1S/C17H15ClN2O2S/c1-11-6-7-15(21-2)13(8-11)10-23-17-20-19-16(22-17)12-4-3-5-14(18)9-12/h3-9H,10H2,1-2H3. The molecule has 118 valence electrons. The predicted octanol–water partition coefficient (Wildman–Crippen LogP) is 5.00. The van der Waals surface area contributed by atoms with Crippen LogP contribution in [-0.4, -0.2) is 17.3 Å². The van der Waals surface area contributed by atoms with E-state index in [4.69, 9.17) is 20.8 Å². The van der Waals surface area contributed by atoms with Crippen molar-refractivity contribution in [3.63, 3.8) is 0 Å². The summed E-state index contributed by atoms with van der Waals surface area (Å²) >= 11 is 7.46. The molecule has 0 amide bonds. The Morgan fingerprint density at radius 2 is 2.04 bits per heavy atom. The van der Waals surface area contributed by atoms with Crippen LogP contribution in [0.25, 0.3) is 11.5 Å². The maximum atomic E-state index is 5.98. The molecule has 1 aromatic heterocycles. The summed E-state index contributed by atoms with van der Waals surface area (Å²) in [6.07, 6.45) is 0. The summed E-state index contributed by atoms with van der Waals surface area (Å²) in [6.45, 7) is 2.05. The number of ether oxygens (including phenoxy) is 1. The lowest BCUT2D eigenvalue weighted by molar-refractivity contribution is 0.411. The Morgan fingerprint density at radius 3 is 2.83 bits per heavy atom. The van der Waals surface area contributed by atoms with E-state index >= 15 is 0 Å². The fraction of sp³-hybridized carbons (Fsp3) is 0.176. The average Bonchev–Trinajstić information content (AvgIpc) is 3.02. The molecule has 0 saturated carbocycles. The number of hydrogen-bond acceptors (Lipinski definition) is 5. The van der Waals surface area contributed by atoms with Gasteiger partial charge >= 0.3 is 0 Å². The van der Waals surface area contributed by atoms with Crippen molar-refractivity contribution in [2.75, 3.05) is 7.11 Å². The highest BCUT2D eigenvalue weighted by Gasteiger charge is 2.11. The molecule has 0 radical (unpaired) electrons. The minimum absolute atomic E-state index is 0.464. The molecule has 0 fully saturated rings. The average molecular weight is 347 g/mol. The van der Waals surface area contributed by atoms with E-state index in [2.05, 4.69) is 23.2 Å². The first-order chi connectivity index (χ1) is 11.2. The fourth-order valence-electron chi connectivity index (χ4n) is 2.17. The summed E-state index contributed by atoms with van der Waals surface area (Å²) in [5.41, 5.74) is 3.09. The van der Waals surface area contributed by atoms with Crippen molar-refractivity contribution in [2.45, 2.75) is 17.9 Å². The van der Waals surface area contributed by atoms with Crippen LogP contribution in [0.2, 0.25) is 5.02 Å². The van der Waals surface area contributed by atoms with Gasteiger partial charge in [-0.1, -0.05) is 47.1 Å². The zero-order valence-corrected chi connectivity index (χ0v) is 14.3. The van der Waals surface area contributed by atoms with E-state index in [0.717, 1.165) is 16.9 Å². The van der Waals surface area contributed by atoms with Gasteiger partial charge in [0.05, 0.1) is 7.11 Å². The van der Waals surface area contributed by atoms with Gasteiger partial charge in [-0.05, 0) is 31.2 Å². The van der Waals surface area contributed by atoms with Crippen LogP contribution in [0.15, 0.2) is 52.1 Å². The second kappa shape index (κ2) is 7.06. The summed E-state index contributed by atoms with van der Waals surface area (Å²) < 4.78 is 11.1. The second-order valence-electron chi connectivity index (χ2n) is 4.99. The number of methoxy groups -OCH3 is 1. The number of aromatic nitrogens is 2. The molecule has 3 rings (SSSR count). The van der Waals surface area contributed by atoms with Crippen molar-refractivity contribution in [1.29, 1.82) is 0 Å². The van der Waals surface area contributed by atoms with Crippen molar-refractivity contribution in [2.24, 2.45) is 0 Å². The van der Waals surface area contributed by atoms with Gasteiger partial charge in [-0.2, -0.15) is 0 Å². The lowest BCUT2D eigenvalue weighted by atomic mass is 10.1. The Kier molecular flexibility index (Phi) is 4.88. The third-order valence-electron chi connectivity index (χ3n) is 3.27. The smallest absolute Gasteiger partial charge is 0.277 e. The Balaban J connectivity index is 1.74. The van der Waals surface area contributed by atoms with Gasteiger partial charge in [0, 0.05) is 21.9 Å². The molecule has 0 atom stereocenters. The highest BCUT2D eigenvalue weighted by Crippen LogP contribution is 2.30. The monoisotopic (exact) mass is 346 g/mol. The third-order valence-corrected chi connectivity index (χ3v) is 4.37. The second-order valence-corrected chi connectivity index (χ2v) is 6.35. The first kappa shape index (κ1) is 15.9. The molecule has 0 aliphatic carbocycles. The van der Waals surface area contributed by atoms with Gasteiger partial charge in [-0.15, -0.1) is 10.2 Å². The first-order valence-electron chi connectivity index (χ1n) is 7.01.